The Morgan fingerprint density at radius 3 is 2.50 bits per heavy atom. The minimum Gasteiger partial charge on any atom is -0.489 e. The molecule has 0 aromatic heterocycles. The van der Waals surface area contributed by atoms with Crippen LogP contribution in [-0.4, -0.2) is 28.5 Å². The average molecular weight is 418 g/mol. The molecular weight excluding hydrogens is 400 g/mol. The number of ether oxygens (including phenoxy) is 1. The third-order valence-electron chi connectivity index (χ3n) is 4.64. The molecule has 4 rings (SSSR count). The van der Waals surface area contributed by atoms with Gasteiger partial charge >= 0.3 is 0 Å². The second-order valence-electron chi connectivity index (χ2n) is 6.73. The maximum Gasteiger partial charge on any atom is 0.294 e. The van der Waals surface area contributed by atoms with Crippen molar-refractivity contribution in [3.8, 4) is 5.75 Å². The fraction of sp³-hybridized carbons (Fsp3) is 0.0870. The van der Waals surface area contributed by atoms with Gasteiger partial charge in [-0.3, -0.25) is 19.3 Å². The van der Waals surface area contributed by atoms with Crippen LogP contribution in [0.25, 0.3) is 16.8 Å². The highest BCUT2D eigenvalue weighted by Gasteiger charge is 2.35. The number of carbonyl (C=O) groups excluding carboxylic acids is 3. The molecule has 3 aromatic rings. The summed E-state index contributed by atoms with van der Waals surface area (Å²) in [6.45, 7) is 0.0235. The van der Waals surface area contributed by atoms with Crippen molar-refractivity contribution in [2.24, 2.45) is 5.73 Å². The van der Waals surface area contributed by atoms with Gasteiger partial charge in [0.15, 0.2) is 0 Å². The molecule has 0 bridgehead atoms. The first-order valence-electron chi connectivity index (χ1n) is 9.24. The quantitative estimate of drug-likeness (QED) is 0.613. The molecule has 0 radical (unpaired) electrons. The molecule has 1 aliphatic heterocycles. The van der Waals surface area contributed by atoms with Crippen LogP contribution in [0.2, 0.25) is 0 Å². The molecule has 0 aliphatic carbocycles. The number of primary amides is 1. The van der Waals surface area contributed by atoms with Gasteiger partial charge in [0, 0.05) is 0 Å². The number of imide groups is 1. The summed E-state index contributed by atoms with van der Waals surface area (Å²) in [4.78, 5) is 36.3. The number of rotatable bonds is 6. The second kappa shape index (κ2) is 8.42. The van der Waals surface area contributed by atoms with E-state index in [9.17, 15) is 14.4 Å². The lowest BCUT2D eigenvalue weighted by atomic mass is 10.1. The van der Waals surface area contributed by atoms with E-state index in [1.807, 2.05) is 36.4 Å². The number of nitrogens with two attached hydrogens (primary N) is 1. The van der Waals surface area contributed by atoms with E-state index < -0.39 is 23.6 Å². The maximum absolute atomic E-state index is 12.3. The van der Waals surface area contributed by atoms with Crippen molar-refractivity contribution in [1.82, 2.24) is 4.90 Å². The van der Waals surface area contributed by atoms with Gasteiger partial charge in [0.05, 0.1) is 4.91 Å². The summed E-state index contributed by atoms with van der Waals surface area (Å²) in [5.74, 6) is -0.548. The van der Waals surface area contributed by atoms with Gasteiger partial charge in [0.25, 0.3) is 11.1 Å². The minimum absolute atomic E-state index is 0.255. The summed E-state index contributed by atoms with van der Waals surface area (Å²) in [6, 6.07) is 21.5. The van der Waals surface area contributed by atoms with Gasteiger partial charge in [-0.05, 0) is 51.9 Å². The minimum atomic E-state index is -0.730. The van der Waals surface area contributed by atoms with Crippen LogP contribution in [0, 0.1) is 0 Å². The van der Waals surface area contributed by atoms with Gasteiger partial charge < -0.3 is 10.5 Å². The molecule has 1 saturated heterocycles. The van der Waals surface area contributed by atoms with Crippen LogP contribution in [0.15, 0.2) is 71.6 Å². The number of amides is 3. The lowest BCUT2D eigenvalue weighted by Gasteiger charge is -2.09. The molecule has 0 atom stereocenters. The fourth-order valence-electron chi connectivity index (χ4n) is 3.18. The average Bonchev–Trinajstić information content (AvgIpc) is 3.00. The van der Waals surface area contributed by atoms with E-state index in [2.05, 4.69) is 18.2 Å². The molecule has 1 aliphatic rings. The zero-order chi connectivity index (χ0) is 21.1. The number of hydrogen-bond donors (Lipinski definition) is 1. The summed E-state index contributed by atoms with van der Waals surface area (Å²) < 4.78 is 5.92. The monoisotopic (exact) mass is 418 g/mol. The van der Waals surface area contributed by atoms with Crippen molar-refractivity contribution in [3.05, 3.63) is 82.8 Å². The Morgan fingerprint density at radius 1 is 1.00 bits per heavy atom. The van der Waals surface area contributed by atoms with Crippen LogP contribution in [0.5, 0.6) is 5.75 Å². The van der Waals surface area contributed by atoms with Crippen molar-refractivity contribution in [3.63, 3.8) is 0 Å². The van der Waals surface area contributed by atoms with E-state index in [4.69, 9.17) is 10.5 Å². The Morgan fingerprint density at radius 2 is 1.73 bits per heavy atom. The molecule has 0 unspecified atom stereocenters. The van der Waals surface area contributed by atoms with Gasteiger partial charge in [0.2, 0.25) is 5.91 Å². The van der Waals surface area contributed by atoms with Crippen molar-refractivity contribution in [2.75, 3.05) is 6.54 Å². The molecule has 30 heavy (non-hydrogen) atoms. The van der Waals surface area contributed by atoms with Crippen LogP contribution in [0.4, 0.5) is 4.79 Å². The standard InChI is InChI=1S/C23H18N2O4S/c24-21(26)13-25-22(27)20(30-23(25)28)12-15-8-10-18(11-9-15)29-14-17-6-3-5-16-4-1-2-7-19(16)17/h1-12H,13-14H2,(H2,24,26)/b20-12-. The molecule has 2 N–H and O–H groups in total. The number of thioether (sulfide) groups is 1. The molecule has 0 saturated carbocycles. The smallest absolute Gasteiger partial charge is 0.294 e. The summed E-state index contributed by atoms with van der Waals surface area (Å²) in [5.41, 5.74) is 6.93. The predicted octanol–water partition coefficient (Wildman–Crippen LogP) is 3.94. The van der Waals surface area contributed by atoms with E-state index in [1.165, 1.54) is 5.39 Å². The second-order valence-corrected chi connectivity index (χ2v) is 7.72. The molecule has 7 heteroatoms. The normalized spacial score (nSPS) is 15.2. The zero-order valence-corrected chi connectivity index (χ0v) is 16.7. The third kappa shape index (κ3) is 4.21. The molecule has 0 spiro atoms. The van der Waals surface area contributed by atoms with Crippen molar-refractivity contribution < 1.29 is 19.1 Å². The summed E-state index contributed by atoms with van der Waals surface area (Å²) >= 11 is 0.791. The van der Waals surface area contributed by atoms with Gasteiger partial charge in [0.1, 0.15) is 18.9 Å². The summed E-state index contributed by atoms with van der Waals surface area (Å²) in [7, 11) is 0. The van der Waals surface area contributed by atoms with Gasteiger partial charge in [-0.2, -0.15) is 0 Å². The topological polar surface area (TPSA) is 89.7 Å². The SMILES string of the molecule is NC(=O)CN1C(=O)S/C(=C\c2ccc(OCc3cccc4ccccc34)cc2)C1=O. The Hall–Kier alpha value is -3.58. The first kappa shape index (κ1) is 19.7. The van der Waals surface area contributed by atoms with Crippen LogP contribution >= 0.6 is 11.8 Å². The summed E-state index contributed by atoms with van der Waals surface area (Å²) in [6.07, 6.45) is 1.61. The van der Waals surface area contributed by atoms with E-state index in [-0.39, 0.29) is 4.91 Å². The number of fused-ring (bicyclic) bond motifs is 1. The molecular formula is C23H18N2O4S. The van der Waals surface area contributed by atoms with E-state index in [0.717, 1.165) is 33.2 Å². The van der Waals surface area contributed by atoms with Crippen molar-refractivity contribution >= 4 is 45.7 Å². The Labute approximate surface area is 177 Å². The lowest BCUT2D eigenvalue weighted by Crippen LogP contribution is -2.36. The molecule has 6 nitrogen and oxygen atoms in total. The number of carbonyl (C=O) groups is 3. The Balaban J connectivity index is 1.44. The third-order valence-corrected chi connectivity index (χ3v) is 5.55. The van der Waals surface area contributed by atoms with Crippen LogP contribution < -0.4 is 10.5 Å². The molecule has 3 amide bonds. The fourth-order valence-corrected chi connectivity index (χ4v) is 4.02. The van der Waals surface area contributed by atoms with Crippen LogP contribution in [-0.2, 0) is 16.2 Å². The molecule has 1 heterocycles. The molecule has 150 valence electrons. The van der Waals surface area contributed by atoms with E-state index >= 15 is 0 Å². The highest BCUT2D eigenvalue weighted by Crippen LogP contribution is 2.32. The number of benzene rings is 3. The van der Waals surface area contributed by atoms with E-state index in [1.54, 1.807) is 18.2 Å². The predicted molar refractivity (Wildman–Crippen MR) is 117 cm³/mol. The molecule has 1 fully saturated rings. The Kier molecular flexibility index (Phi) is 5.54. The zero-order valence-electron chi connectivity index (χ0n) is 15.9. The number of hydrogen-bond acceptors (Lipinski definition) is 5. The van der Waals surface area contributed by atoms with Gasteiger partial charge in [-0.15, -0.1) is 0 Å². The van der Waals surface area contributed by atoms with Gasteiger partial charge in [-0.25, -0.2) is 0 Å². The largest absolute Gasteiger partial charge is 0.489 e. The summed E-state index contributed by atoms with van der Waals surface area (Å²) in [5, 5.41) is 1.82. The van der Waals surface area contributed by atoms with Crippen LogP contribution in [0.1, 0.15) is 11.1 Å². The highest BCUT2D eigenvalue weighted by molar-refractivity contribution is 8.18. The highest BCUT2D eigenvalue weighted by atomic mass is 32.2. The van der Waals surface area contributed by atoms with Crippen molar-refractivity contribution in [2.45, 2.75) is 6.61 Å². The van der Waals surface area contributed by atoms with Crippen molar-refractivity contribution in [1.29, 1.82) is 0 Å². The maximum atomic E-state index is 12.3. The van der Waals surface area contributed by atoms with E-state index in [0.29, 0.717) is 12.4 Å². The number of nitrogens with zero attached hydrogens (tertiary/aromatic N) is 1. The first-order valence-corrected chi connectivity index (χ1v) is 10.1. The Bertz CT molecular complexity index is 1170. The first-order chi connectivity index (χ1) is 14.5. The van der Waals surface area contributed by atoms with Gasteiger partial charge in [-0.1, -0.05) is 54.6 Å². The molecule has 3 aromatic carbocycles. The van der Waals surface area contributed by atoms with Crippen LogP contribution in [0.3, 0.4) is 0 Å². The lowest BCUT2D eigenvalue weighted by molar-refractivity contribution is -0.127.